The second kappa shape index (κ2) is 4.63. The standard InChI is InChI=1S/C16H22N4O/c1-20-14-4-3-11(9-13(14)19-15(20)17)18-12-5-8-21-16(10-12)6-2-7-16/h3-4,9,12,18H,2,5-8,10H2,1H3,(H2,17,19). The van der Waals surface area contributed by atoms with Gasteiger partial charge >= 0.3 is 0 Å². The number of nitrogens with zero attached hydrogens (tertiary/aromatic N) is 2. The van der Waals surface area contributed by atoms with E-state index in [9.17, 15) is 0 Å². The molecule has 1 aliphatic heterocycles. The number of nitrogens with one attached hydrogen (secondary N) is 1. The van der Waals surface area contributed by atoms with Crippen molar-refractivity contribution in [3.8, 4) is 0 Å². The molecule has 21 heavy (non-hydrogen) atoms. The predicted octanol–water partition coefficient (Wildman–Crippen LogP) is 2.67. The fraction of sp³-hybridized carbons (Fsp3) is 0.562. The van der Waals surface area contributed by atoms with Crippen LogP contribution in [0.25, 0.3) is 11.0 Å². The Kier molecular flexibility index (Phi) is 2.85. The van der Waals surface area contributed by atoms with E-state index in [1.807, 2.05) is 11.6 Å². The second-order valence-corrected chi connectivity index (χ2v) is 6.45. The summed E-state index contributed by atoms with van der Waals surface area (Å²) in [7, 11) is 1.94. The number of aryl methyl sites for hydroxylation is 1. The first kappa shape index (κ1) is 13.0. The summed E-state index contributed by atoms with van der Waals surface area (Å²) in [6, 6.07) is 6.79. The van der Waals surface area contributed by atoms with Crippen LogP contribution in [-0.2, 0) is 11.8 Å². The Morgan fingerprint density at radius 1 is 1.43 bits per heavy atom. The fourth-order valence-corrected chi connectivity index (χ4v) is 3.61. The average molecular weight is 286 g/mol. The highest BCUT2D eigenvalue weighted by Crippen LogP contribution is 2.42. The van der Waals surface area contributed by atoms with E-state index < -0.39 is 0 Å². The van der Waals surface area contributed by atoms with E-state index in [0.717, 1.165) is 36.2 Å². The minimum Gasteiger partial charge on any atom is -0.382 e. The van der Waals surface area contributed by atoms with Crippen LogP contribution >= 0.6 is 0 Å². The number of fused-ring (bicyclic) bond motifs is 1. The van der Waals surface area contributed by atoms with Crippen molar-refractivity contribution in [3.05, 3.63) is 18.2 Å². The lowest BCUT2D eigenvalue weighted by Crippen LogP contribution is -2.48. The van der Waals surface area contributed by atoms with E-state index in [1.165, 1.54) is 19.3 Å². The van der Waals surface area contributed by atoms with Crippen LogP contribution in [0.4, 0.5) is 11.6 Å². The van der Waals surface area contributed by atoms with Crippen LogP contribution in [0.5, 0.6) is 0 Å². The number of nitrogens with two attached hydrogens (primary N) is 1. The highest BCUT2D eigenvalue weighted by Gasteiger charge is 2.42. The van der Waals surface area contributed by atoms with Crippen molar-refractivity contribution in [1.82, 2.24) is 9.55 Å². The molecule has 2 aromatic rings. The molecule has 0 bridgehead atoms. The summed E-state index contributed by atoms with van der Waals surface area (Å²) in [6.45, 7) is 0.871. The van der Waals surface area contributed by atoms with Crippen LogP contribution in [0.15, 0.2) is 18.2 Å². The summed E-state index contributed by atoms with van der Waals surface area (Å²) in [5.41, 5.74) is 9.19. The summed E-state index contributed by atoms with van der Waals surface area (Å²) in [5, 5.41) is 3.66. The van der Waals surface area contributed by atoms with Gasteiger partial charge in [-0.2, -0.15) is 0 Å². The minimum absolute atomic E-state index is 0.176. The molecule has 4 rings (SSSR count). The normalized spacial score (nSPS) is 24.1. The summed E-state index contributed by atoms with van der Waals surface area (Å²) in [4.78, 5) is 4.40. The monoisotopic (exact) mass is 286 g/mol. The van der Waals surface area contributed by atoms with Crippen LogP contribution in [0.1, 0.15) is 32.1 Å². The number of ether oxygens (including phenoxy) is 1. The maximum absolute atomic E-state index is 5.99. The third kappa shape index (κ3) is 2.16. The maximum atomic E-state index is 5.99. The van der Waals surface area contributed by atoms with Crippen LogP contribution in [-0.4, -0.2) is 27.8 Å². The summed E-state index contributed by atoms with van der Waals surface area (Å²) in [5.74, 6) is 0.557. The molecule has 1 spiro atoms. The highest BCUT2D eigenvalue weighted by atomic mass is 16.5. The molecule has 1 saturated heterocycles. The number of benzene rings is 1. The SMILES string of the molecule is Cn1c(N)nc2cc(NC3CCOC4(CCC4)C3)ccc21. The number of nitrogen functional groups attached to an aromatic ring is 1. The molecule has 1 unspecified atom stereocenters. The molecule has 1 aromatic carbocycles. The summed E-state index contributed by atoms with van der Waals surface area (Å²) < 4.78 is 7.90. The van der Waals surface area contributed by atoms with Gasteiger partial charge in [-0.1, -0.05) is 0 Å². The van der Waals surface area contributed by atoms with Gasteiger partial charge in [-0.25, -0.2) is 4.98 Å². The zero-order valence-electron chi connectivity index (χ0n) is 12.4. The molecular weight excluding hydrogens is 264 g/mol. The molecule has 2 fully saturated rings. The average Bonchev–Trinajstić information content (AvgIpc) is 2.72. The highest BCUT2D eigenvalue weighted by molar-refractivity contribution is 5.82. The number of hydrogen-bond donors (Lipinski definition) is 2. The van der Waals surface area contributed by atoms with E-state index in [1.54, 1.807) is 0 Å². The Bertz CT molecular complexity index is 674. The molecule has 1 saturated carbocycles. The van der Waals surface area contributed by atoms with E-state index in [2.05, 4.69) is 28.5 Å². The Morgan fingerprint density at radius 3 is 3.05 bits per heavy atom. The number of hydrogen-bond acceptors (Lipinski definition) is 4. The molecule has 2 aliphatic rings. The lowest BCUT2D eigenvalue weighted by Gasteiger charge is -2.47. The zero-order chi connectivity index (χ0) is 14.4. The Balaban J connectivity index is 1.54. The number of aromatic nitrogens is 2. The van der Waals surface area contributed by atoms with Crippen molar-refractivity contribution in [2.45, 2.75) is 43.7 Å². The van der Waals surface area contributed by atoms with Crippen LogP contribution in [0.3, 0.4) is 0 Å². The van der Waals surface area contributed by atoms with Gasteiger partial charge in [-0.3, -0.25) is 0 Å². The third-order valence-electron chi connectivity index (χ3n) is 5.04. The Morgan fingerprint density at radius 2 is 2.29 bits per heavy atom. The predicted molar refractivity (Wildman–Crippen MR) is 84.3 cm³/mol. The molecule has 1 atom stereocenters. The van der Waals surface area contributed by atoms with Crippen LogP contribution < -0.4 is 11.1 Å². The van der Waals surface area contributed by atoms with Crippen molar-refractivity contribution in [2.24, 2.45) is 7.05 Å². The third-order valence-corrected chi connectivity index (χ3v) is 5.04. The molecule has 1 aliphatic carbocycles. The van der Waals surface area contributed by atoms with Gasteiger partial charge in [0.2, 0.25) is 5.95 Å². The van der Waals surface area contributed by atoms with Gasteiger partial charge in [0.15, 0.2) is 0 Å². The fourth-order valence-electron chi connectivity index (χ4n) is 3.61. The van der Waals surface area contributed by atoms with Gasteiger partial charge in [-0.15, -0.1) is 0 Å². The number of anilines is 2. The van der Waals surface area contributed by atoms with Gasteiger partial charge in [0.25, 0.3) is 0 Å². The number of imidazole rings is 1. The molecule has 0 radical (unpaired) electrons. The van der Waals surface area contributed by atoms with E-state index >= 15 is 0 Å². The molecule has 5 nitrogen and oxygen atoms in total. The minimum atomic E-state index is 0.176. The smallest absolute Gasteiger partial charge is 0.200 e. The van der Waals surface area contributed by atoms with Gasteiger partial charge in [0, 0.05) is 25.4 Å². The van der Waals surface area contributed by atoms with E-state index in [-0.39, 0.29) is 5.60 Å². The first-order chi connectivity index (χ1) is 10.2. The van der Waals surface area contributed by atoms with E-state index in [4.69, 9.17) is 10.5 Å². The quantitative estimate of drug-likeness (QED) is 0.891. The molecule has 5 heteroatoms. The lowest BCUT2D eigenvalue weighted by atomic mass is 9.74. The molecule has 112 valence electrons. The Hall–Kier alpha value is -1.75. The van der Waals surface area contributed by atoms with Crippen LogP contribution in [0, 0.1) is 0 Å². The molecule has 3 N–H and O–H groups in total. The molecule has 2 heterocycles. The van der Waals surface area contributed by atoms with Gasteiger partial charge in [0.1, 0.15) is 0 Å². The number of rotatable bonds is 2. The second-order valence-electron chi connectivity index (χ2n) is 6.45. The lowest BCUT2D eigenvalue weighted by molar-refractivity contribution is -0.130. The largest absolute Gasteiger partial charge is 0.382 e. The topological polar surface area (TPSA) is 65.1 Å². The van der Waals surface area contributed by atoms with Crippen molar-refractivity contribution < 1.29 is 4.74 Å². The molecule has 1 aromatic heterocycles. The van der Waals surface area contributed by atoms with Gasteiger partial charge in [-0.05, 0) is 50.3 Å². The Labute approximate surface area is 124 Å². The first-order valence-corrected chi connectivity index (χ1v) is 7.78. The van der Waals surface area contributed by atoms with Gasteiger partial charge in [0.05, 0.1) is 16.6 Å². The van der Waals surface area contributed by atoms with Crippen molar-refractivity contribution >= 4 is 22.7 Å². The zero-order valence-corrected chi connectivity index (χ0v) is 12.4. The van der Waals surface area contributed by atoms with Gasteiger partial charge < -0.3 is 20.4 Å². The summed E-state index contributed by atoms with van der Waals surface area (Å²) >= 11 is 0. The molecule has 0 amide bonds. The van der Waals surface area contributed by atoms with Crippen molar-refractivity contribution in [3.63, 3.8) is 0 Å². The summed E-state index contributed by atoms with van der Waals surface area (Å²) in [6.07, 6.45) is 5.95. The first-order valence-electron chi connectivity index (χ1n) is 7.78. The molecular formula is C16H22N4O. The maximum Gasteiger partial charge on any atom is 0.200 e. The van der Waals surface area contributed by atoms with Crippen molar-refractivity contribution in [2.75, 3.05) is 17.7 Å². The van der Waals surface area contributed by atoms with Crippen LogP contribution in [0.2, 0.25) is 0 Å². The van der Waals surface area contributed by atoms with Crippen molar-refractivity contribution in [1.29, 1.82) is 0 Å². The van der Waals surface area contributed by atoms with E-state index in [0.29, 0.717) is 12.0 Å².